The van der Waals surface area contributed by atoms with Crippen LogP contribution in [0.5, 0.6) is 0 Å². The number of aryl methyl sites for hydroxylation is 2. The molecule has 1 aromatic heterocycles. The average molecular weight is 348 g/mol. The van der Waals surface area contributed by atoms with Crippen molar-refractivity contribution in [3.63, 3.8) is 0 Å². The third kappa shape index (κ3) is 5.38. The van der Waals surface area contributed by atoms with Crippen LogP contribution in [-0.4, -0.2) is 40.9 Å². The molecule has 2 amide bonds. The van der Waals surface area contributed by atoms with Gasteiger partial charge in [0, 0.05) is 12.1 Å². The fourth-order valence-electron chi connectivity index (χ4n) is 2.10. The van der Waals surface area contributed by atoms with Crippen molar-refractivity contribution in [3.8, 4) is 11.5 Å². The number of rotatable bonds is 7. The van der Waals surface area contributed by atoms with Crippen LogP contribution >= 0.6 is 11.8 Å². The predicted molar refractivity (Wildman–Crippen MR) is 91.6 cm³/mol. The van der Waals surface area contributed by atoms with E-state index >= 15 is 0 Å². The second-order valence-electron chi connectivity index (χ2n) is 5.27. The Hall–Kier alpha value is -2.35. The van der Waals surface area contributed by atoms with E-state index in [1.165, 1.54) is 0 Å². The Balaban J connectivity index is 1.87. The van der Waals surface area contributed by atoms with Crippen LogP contribution in [0.25, 0.3) is 11.5 Å². The first kappa shape index (κ1) is 18.0. The average Bonchev–Trinajstić information content (AvgIpc) is 2.99. The van der Waals surface area contributed by atoms with Gasteiger partial charge in [-0.3, -0.25) is 9.59 Å². The molecular formula is C16H20N4O3S. The molecule has 8 heteroatoms. The molecule has 0 saturated heterocycles. The molecule has 0 atom stereocenters. The number of nitrogens with zero attached hydrogens (tertiary/aromatic N) is 2. The zero-order valence-corrected chi connectivity index (χ0v) is 14.7. The smallest absolute Gasteiger partial charge is 0.277 e. The minimum Gasteiger partial charge on any atom is -0.411 e. The molecule has 0 radical (unpaired) electrons. The lowest BCUT2D eigenvalue weighted by atomic mass is 10.1. The molecule has 0 aliphatic heterocycles. The number of hydrogen-bond acceptors (Lipinski definition) is 6. The van der Waals surface area contributed by atoms with Crippen molar-refractivity contribution < 1.29 is 14.0 Å². The van der Waals surface area contributed by atoms with E-state index in [2.05, 4.69) is 26.9 Å². The van der Waals surface area contributed by atoms with Crippen molar-refractivity contribution in [2.45, 2.75) is 26.0 Å². The molecule has 1 aromatic carbocycles. The third-order valence-electron chi connectivity index (χ3n) is 3.02. The van der Waals surface area contributed by atoms with E-state index in [0.29, 0.717) is 17.7 Å². The summed E-state index contributed by atoms with van der Waals surface area (Å²) in [7, 11) is 0. The summed E-state index contributed by atoms with van der Waals surface area (Å²) in [5, 5.41) is 13.4. The standard InChI is InChI=1S/C16H20N4O3S/c1-4-17-13(21)8-18-14(22)9-24-16-20-19-15(23-16)12-6-10(2)5-11(3)7-12/h5-7H,4,8-9H2,1-3H3,(H,17,21)(H,18,22). The highest BCUT2D eigenvalue weighted by Crippen LogP contribution is 2.24. The second kappa shape index (κ2) is 8.49. The van der Waals surface area contributed by atoms with Gasteiger partial charge in [-0.25, -0.2) is 0 Å². The molecule has 0 aliphatic rings. The van der Waals surface area contributed by atoms with Gasteiger partial charge in [0.25, 0.3) is 5.22 Å². The van der Waals surface area contributed by atoms with Crippen molar-refractivity contribution in [2.24, 2.45) is 0 Å². The summed E-state index contributed by atoms with van der Waals surface area (Å²) in [4.78, 5) is 23.0. The summed E-state index contributed by atoms with van der Waals surface area (Å²) in [6, 6.07) is 6.00. The van der Waals surface area contributed by atoms with E-state index in [-0.39, 0.29) is 24.1 Å². The molecule has 0 aliphatic carbocycles. The number of aromatic nitrogens is 2. The first-order valence-corrected chi connectivity index (χ1v) is 8.55. The largest absolute Gasteiger partial charge is 0.411 e. The van der Waals surface area contributed by atoms with Crippen LogP contribution in [0, 0.1) is 13.8 Å². The highest BCUT2D eigenvalue weighted by atomic mass is 32.2. The van der Waals surface area contributed by atoms with E-state index in [1.54, 1.807) is 0 Å². The normalized spacial score (nSPS) is 10.5. The number of likely N-dealkylation sites (N-methyl/N-ethyl adjacent to an activating group) is 1. The molecule has 2 N–H and O–H groups in total. The number of thioether (sulfide) groups is 1. The number of carbonyl (C=O) groups excluding carboxylic acids is 2. The highest BCUT2D eigenvalue weighted by molar-refractivity contribution is 7.99. The van der Waals surface area contributed by atoms with Gasteiger partial charge in [-0.05, 0) is 32.9 Å². The molecule has 0 fully saturated rings. The first-order valence-electron chi connectivity index (χ1n) is 7.56. The van der Waals surface area contributed by atoms with Crippen molar-refractivity contribution in [1.29, 1.82) is 0 Å². The minimum absolute atomic E-state index is 0.0368. The maximum atomic E-state index is 11.7. The number of nitrogens with one attached hydrogen (secondary N) is 2. The van der Waals surface area contributed by atoms with Gasteiger partial charge in [0.2, 0.25) is 17.7 Å². The highest BCUT2D eigenvalue weighted by Gasteiger charge is 2.12. The molecule has 0 unspecified atom stereocenters. The van der Waals surface area contributed by atoms with E-state index in [1.807, 2.05) is 32.9 Å². The molecular weight excluding hydrogens is 328 g/mol. The van der Waals surface area contributed by atoms with Crippen LogP contribution in [-0.2, 0) is 9.59 Å². The van der Waals surface area contributed by atoms with E-state index < -0.39 is 0 Å². The van der Waals surface area contributed by atoms with Gasteiger partial charge in [-0.2, -0.15) is 0 Å². The third-order valence-corrected chi connectivity index (χ3v) is 3.84. The van der Waals surface area contributed by atoms with Gasteiger partial charge in [0.1, 0.15) is 0 Å². The van der Waals surface area contributed by atoms with Crippen molar-refractivity contribution in [1.82, 2.24) is 20.8 Å². The molecule has 128 valence electrons. The predicted octanol–water partition coefficient (Wildman–Crippen LogP) is 1.70. The Morgan fingerprint density at radius 1 is 1.08 bits per heavy atom. The van der Waals surface area contributed by atoms with E-state index in [0.717, 1.165) is 28.5 Å². The SMILES string of the molecule is CCNC(=O)CNC(=O)CSc1nnc(-c2cc(C)cc(C)c2)o1. The Bertz CT molecular complexity index is 710. The van der Waals surface area contributed by atoms with Gasteiger partial charge in [0.15, 0.2) is 0 Å². The van der Waals surface area contributed by atoms with Crippen LogP contribution in [0.3, 0.4) is 0 Å². The zero-order chi connectivity index (χ0) is 17.5. The van der Waals surface area contributed by atoms with Crippen LogP contribution in [0.2, 0.25) is 0 Å². The second-order valence-corrected chi connectivity index (χ2v) is 6.20. The number of benzene rings is 1. The van der Waals surface area contributed by atoms with Gasteiger partial charge in [-0.1, -0.05) is 29.0 Å². The lowest BCUT2D eigenvalue weighted by Gasteiger charge is -2.03. The molecule has 2 rings (SSSR count). The molecule has 0 spiro atoms. The maximum absolute atomic E-state index is 11.7. The summed E-state index contributed by atoms with van der Waals surface area (Å²) < 4.78 is 5.58. The topological polar surface area (TPSA) is 97.1 Å². The number of hydrogen-bond donors (Lipinski definition) is 2. The van der Waals surface area contributed by atoms with Gasteiger partial charge in [0.05, 0.1) is 12.3 Å². The fourth-order valence-corrected chi connectivity index (χ4v) is 2.69. The Labute approximate surface area is 144 Å². The molecule has 2 aromatic rings. The van der Waals surface area contributed by atoms with Crippen molar-refractivity contribution >= 4 is 23.6 Å². The molecule has 1 heterocycles. The Morgan fingerprint density at radius 3 is 2.46 bits per heavy atom. The summed E-state index contributed by atoms with van der Waals surface area (Å²) in [6.07, 6.45) is 0. The Morgan fingerprint density at radius 2 is 1.79 bits per heavy atom. The molecule has 0 bridgehead atoms. The summed E-state index contributed by atoms with van der Waals surface area (Å²) in [5.41, 5.74) is 3.08. The summed E-state index contributed by atoms with van der Waals surface area (Å²) in [5.74, 6) is 0.0450. The zero-order valence-electron chi connectivity index (χ0n) is 13.9. The van der Waals surface area contributed by atoms with Crippen LogP contribution in [0.15, 0.2) is 27.8 Å². The maximum Gasteiger partial charge on any atom is 0.277 e. The lowest BCUT2D eigenvalue weighted by molar-refractivity contribution is -0.124. The van der Waals surface area contributed by atoms with Gasteiger partial charge >= 0.3 is 0 Å². The number of amides is 2. The quantitative estimate of drug-likeness (QED) is 0.739. The van der Waals surface area contributed by atoms with Crippen LogP contribution in [0.4, 0.5) is 0 Å². The molecule has 24 heavy (non-hydrogen) atoms. The summed E-state index contributed by atoms with van der Waals surface area (Å²) >= 11 is 1.13. The first-order chi connectivity index (χ1) is 11.5. The number of carbonyl (C=O) groups is 2. The minimum atomic E-state index is -0.266. The van der Waals surface area contributed by atoms with E-state index in [9.17, 15) is 9.59 Å². The molecule has 0 saturated carbocycles. The fraction of sp³-hybridized carbons (Fsp3) is 0.375. The van der Waals surface area contributed by atoms with Gasteiger partial charge < -0.3 is 15.1 Å². The van der Waals surface area contributed by atoms with Crippen molar-refractivity contribution in [2.75, 3.05) is 18.8 Å². The Kier molecular flexibility index (Phi) is 6.36. The summed E-state index contributed by atoms with van der Waals surface area (Å²) in [6.45, 7) is 6.32. The van der Waals surface area contributed by atoms with E-state index in [4.69, 9.17) is 4.42 Å². The van der Waals surface area contributed by atoms with Crippen LogP contribution in [0.1, 0.15) is 18.1 Å². The monoisotopic (exact) mass is 348 g/mol. The lowest BCUT2D eigenvalue weighted by Crippen LogP contribution is -2.37. The van der Waals surface area contributed by atoms with Gasteiger partial charge in [-0.15, -0.1) is 10.2 Å². The van der Waals surface area contributed by atoms with Crippen LogP contribution < -0.4 is 10.6 Å². The van der Waals surface area contributed by atoms with Crippen molar-refractivity contribution in [3.05, 3.63) is 29.3 Å². The molecule has 7 nitrogen and oxygen atoms in total.